The molecule has 1 aromatic carbocycles. The van der Waals surface area contributed by atoms with Crippen molar-refractivity contribution in [3.05, 3.63) is 95.1 Å². The Kier molecular flexibility index (Phi) is 6.78. The highest BCUT2D eigenvalue weighted by molar-refractivity contribution is 7.98. The molecule has 0 N–H and O–H groups in total. The predicted octanol–water partition coefficient (Wildman–Crippen LogP) is 4.82. The number of carbonyl (C=O) groups is 1. The largest absolute Gasteiger partial charge is 0.291 e. The van der Waals surface area contributed by atoms with Crippen molar-refractivity contribution in [3.8, 4) is 5.69 Å². The van der Waals surface area contributed by atoms with E-state index in [1.165, 1.54) is 12.1 Å². The van der Waals surface area contributed by atoms with E-state index in [4.69, 9.17) is 0 Å². The smallest absolute Gasteiger partial charge is 0.191 e. The van der Waals surface area contributed by atoms with E-state index in [2.05, 4.69) is 27.1 Å². The predicted molar refractivity (Wildman–Crippen MR) is 158 cm³/mol. The number of fused-ring (bicyclic) bond motifs is 2. The summed E-state index contributed by atoms with van der Waals surface area (Å²) in [5.41, 5.74) is 4.13. The van der Waals surface area contributed by atoms with E-state index in [1.807, 2.05) is 30.3 Å². The molecule has 4 aromatic rings. The molecule has 212 valence electrons. The standard InChI is InChI=1S/C31H33FN6O2S/c1-5-37(41(4,40)27-19-34-36(3)20-27)26-9-6-23-15-29-22(18-35-38(29)25-10-7-24(32)8-11-25)16-31(23,17-26)30(39)28-14-21(2)12-13-33-28/h7-8,10-15,18-20,26H,4-6,9,16-17H2,1-3H3/t26-,31-,41?/m0/s1. The van der Waals surface area contributed by atoms with Gasteiger partial charge in [-0.3, -0.25) is 14.5 Å². The molecule has 0 spiro atoms. The average Bonchev–Trinajstić information content (AvgIpc) is 3.58. The first-order valence-electron chi connectivity index (χ1n) is 13.8. The number of Topliss-reactive ketones (excluding diaryl/α,β-unsaturated/α-hetero) is 1. The molecule has 1 fully saturated rings. The number of hydrogen-bond acceptors (Lipinski definition) is 5. The third-order valence-electron chi connectivity index (χ3n) is 8.44. The van der Waals surface area contributed by atoms with Crippen LogP contribution in [0.3, 0.4) is 0 Å². The van der Waals surface area contributed by atoms with Gasteiger partial charge >= 0.3 is 0 Å². The molecule has 0 bridgehead atoms. The minimum Gasteiger partial charge on any atom is -0.291 e. The molecule has 2 aliphatic rings. The lowest BCUT2D eigenvalue weighted by Gasteiger charge is -2.47. The SMILES string of the molecule is C=S(=O)(c1cnn(C)c1)N(CC)[C@H]1CCC2=Cc3c(cnn3-c3ccc(F)cc3)C[C@]2(C(=O)c2cc(C)ccn2)C1. The van der Waals surface area contributed by atoms with E-state index in [-0.39, 0.29) is 17.6 Å². The molecular weight excluding hydrogens is 539 g/mol. The Bertz CT molecular complexity index is 1770. The van der Waals surface area contributed by atoms with Gasteiger partial charge in [0.15, 0.2) is 5.78 Å². The van der Waals surface area contributed by atoms with Gasteiger partial charge < -0.3 is 0 Å². The Morgan fingerprint density at radius 1 is 1.22 bits per heavy atom. The van der Waals surface area contributed by atoms with E-state index in [9.17, 15) is 13.4 Å². The summed E-state index contributed by atoms with van der Waals surface area (Å²) in [7, 11) is -1.04. The van der Waals surface area contributed by atoms with Gasteiger partial charge in [0.05, 0.1) is 43.8 Å². The van der Waals surface area contributed by atoms with Gasteiger partial charge in [0.25, 0.3) is 0 Å². The molecule has 0 saturated heterocycles. The number of hydrogen-bond donors (Lipinski definition) is 0. The first kappa shape index (κ1) is 27.3. The fraction of sp³-hybridized carbons (Fsp3) is 0.323. The third kappa shape index (κ3) is 4.64. The van der Waals surface area contributed by atoms with Crippen molar-refractivity contribution in [2.75, 3.05) is 6.54 Å². The van der Waals surface area contributed by atoms with Crippen LogP contribution >= 0.6 is 0 Å². The fourth-order valence-corrected chi connectivity index (χ4v) is 8.31. The normalized spacial score (nSPS) is 21.6. The highest BCUT2D eigenvalue weighted by atomic mass is 32.2. The lowest BCUT2D eigenvalue weighted by Crippen LogP contribution is -2.50. The zero-order valence-electron chi connectivity index (χ0n) is 23.5. The number of halogens is 1. The van der Waals surface area contributed by atoms with Crippen LogP contribution in [0.4, 0.5) is 4.39 Å². The first-order valence-corrected chi connectivity index (χ1v) is 15.4. The molecule has 2 aliphatic carbocycles. The number of aromatic nitrogens is 5. The molecule has 1 unspecified atom stereocenters. The zero-order valence-corrected chi connectivity index (χ0v) is 24.3. The third-order valence-corrected chi connectivity index (χ3v) is 10.7. The summed E-state index contributed by atoms with van der Waals surface area (Å²) >= 11 is 0. The van der Waals surface area contributed by atoms with Gasteiger partial charge in [-0.15, -0.1) is 0 Å². The maximum atomic E-state index is 14.5. The summed E-state index contributed by atoms with van der Waals surface area (Å²) in [5.74, 6) is 3.82. The second-order valence-electron chi connectivity index (χ2n) is 11.0. The molecule has 1 saturated carbocycles. The second kappa shape index (κ2) is 10.2. The Labute approximate surface area is 239 Å². The lowest BCUT2D eigenvalue weighted by atomic mass is 9.60. The Balaban J connectivity index is 1.44. The van der Waals surface area contributed by atoms with Crippen LogP contribution < -0.4 is 0 Å². The molecule has 0 amide bonds. The highest BCUT2D eigenvalue weighted by Crippen LogP contribution is 2.51. The van der Waals surface area contributed by atoms with Crippen molar-refractivity contribution in [2.24, 2.45) is 12.5 Å². The number of rotatable bonds is 7. The van der Waals surface area contributed by atoms with Crippen LogP contribution in [0.5, 0.6) is 0 Å². The Hall–Kier alpha value is -3.89. The number of ketones is 1. The van der Waals surface area contributed by atoms with Crippen molar-refractivity contribution in [1.82, 2.24) is 28.9 Å². The number of nitrogens with zero attached hydrogens (tertiary/aromatic N) is 6. The molecule has 3 aromatic heterocycles. The molecular formula is C31H33FN6O2S. The maximum Gasteiger partial charge on any atom is 0.191 e. The van der Waals surface area contributed by atoms with Gasteiger partial charge in [-0.25, -0.2) is 17.6 Å². The molecule has 41 heavy (non-hydrogen) atoms. The van der Waals surface area contributed by atoms with Crippen molar-refractivity contribution < 1.29 is 13.4 Å². The lowest BCUT2D eigenvalue weighted by molar-refractivity contribution is 0.0741. The highest BCUT2D eigenvalue weighted by Gasteiger charge is 2.51. The number of pyridine rings is 1. The van der Waals surface area contributed by atoms with Crippen LogP contribution in [0, 0.1) is 18.2 Å². The van der Waals surface area contributed by atoms with Crippen molar-refractivity contribution >= 4 is 27.4 Å². The van der Waals surface area contributed by atoms with Crippen LogP contribution in [-0.2, 0) is 23.2 Å². The van der Waals surface area contributed by atoms with Gasteiger partial charge in [0.1, 0.15) is 11.5 Å². The maximum absolute atomic E-state index is 14.5. The summed E-state index contributed by atoms with van der Waals surface area (Å²) in [6.07, 6.45) is 11.2. The molecule has 8 nitrogen and oxygen atoms in total. The van der Waals surface area contributed by atoms with Crippen molar-refractivity contribution in [3.63, 3.8) is 0 Å². The molecule has 0 aliphatic heterocycles. The fourth-order valence-electron chi connectivity index (χ4n) is 6.43. The average molecular weight is 573 g/mol. The quantitative estimate of drug-likeness (QED) is 0.234. The van der Waals surface area contributed by atoms with E-state index >= 15 is 0 Å². The number of benzene rings is 1. The minimum absolute atomic E-state index is 0.0367. The van der Waals surface area contributed by atoms with Crippen molar-refractivity contribution in [1.29, 1.82) is 0 Å². The van der Waals surface area contributed by atoms with E-state index in [1.54, 1.807) is 53.3 Å². The van der Waals surface area contributed by atoms with Crippen LogP contribution in [0.25, 0.3) is 11.8 Å². The summed E-state index contributed by atoms with van der Waals surface area (Å²) in [5, 5.41) is 8.86. The van der Waals surface area contributed by atoms with Gasteiger partial charge in [-0.2, -0.15) is 10.2 Å². The van der Waals surface area contributed by atoms with Crippen molar-refractivity contribution in [2.45, 2.75) is 50.5 Å². The summed E-state index contributed by atoms with van der Waals surface area (Å²) < 4.78 is 33.2. The first-order chi connectivity index (χ1) is 19.6. The molecule has 6 rings (SSSR count). The number of aryl methyl sites for hydroxylation is 2. The van der Waals surface area contributed by atoms with E-state index in [0.717, 1.165) is 34.5 Å². The topological polar surface area (TPSA) is 85.9 Å². The minimum atomic E-state index is -2.83. The summed E-state index contributed by atoms with van der Waals surface area (Å²) in [6, 6.07) is 9.80. The summed E-state index contributed by atoms with van der Waals surface area (Å²) in [4.78, 5) is 19.6. The zero-order chi connectivity index (χ0) is 28.9. The van der Waals surface area contributed by atoms with Gasteiger partial charge in [0, 0.05) is 32.0 Å². The van der Waals surface area contributed by atoms with E-state index in [0.29, 0.717) is 36.4 Å². The molecule has 3 atom stereocenters. The van der Waals surface area contributed by atoms with Gasteiger partial charge in [-0.1, -0.05) is 12.5 Å². The van der Waals surface area contributed by atoms with Gasteiger partial charge in [0.2, 0.25) is 0 Å². The van der Waals surface area contributed by atoms with Crippen LogP contribution in [-0.4, -0.2) is 57.3 Å². The number of carbonyl (C=O) groups excluding carboxylic acids is 1. The summed E-state index contributed by atoms with van der Waals surface area (Å²) in [6.45, 7) is 4.45. The molecule has 10 heteroatoms. The number of allylic oxidation sites excluding steroid dienone is 1. The van der Waals surface area contributed by atoms with Crippen LogP contribution in [0.15, 0.2) is 71.7 Å². The monoisotopic (exact) mass is 572 g/mol. The van der Waals surface area contributed by atoms with Crippen LogP contribution in [0.2, 0.25) is 0 Å². The van der Waals surface area contributed by atoms with Gasteiger partial charge in [-0.05, 0) is 92.1 Å². The van der Waals surface area contributed by atoms with Crippen LogP contribution in [0.1, 0.15) is 53.5 Å². The Morgan fingerprint density at radius 2 is 2.00 bits per heavy atom. The van der Waals surface area contributed by atoms with E-state index < -0.39 is 15.1 Å². The second-order valence-corrected chi connectivity index (χ2v) is 13.3. The Morgan fingerprint density at radius 3 is 2.68 bits per heavy atom. The molecule has 0 radical (unpaired) electrons. The molecule has 3 heterocycles.